The molecule has 0 aliphatic rings. The van der Waals surface area contributed by atoms with Crippen LogP contribution < -0.4 is 10.1 Å². The molecule has 0 atom stereocenters. The summed E-state index contributed by atoms with van der Waals surface area (Å²) in [7, 11) is 0. The van der Waals surface area contributed by atoms with Crippen LogP contribution in [0.1, 0.15) is 44.3 Å². The van der Waals surface area contributed by atoms with Gasteiger partial charge in [0.05, 0.1) is 6.54 Å². The van der Waals surface area contributed by atoms with Gasteiger partial charge in [-0.1, -0.05) is 37.2 Å². The van der Waals surface area contributed by atoms with Crippen molar-refractivity contribution in [3.8, 4) is 5.75 Å². The van der Waals surface area contributed by atoms with Gasteiger partial charge in [0.15, 0.2) is 5.82 Å². The summed E-state index contributed by atoms with van der Waals surface area (Å²) in [6.07, 6.45) is 1.74. The molecule has 0 radical (unpaired) electrons. The number of aromatic nitrogens is 2. The molecule has 0 saturated heterocycles. The zero-order valence-corrected chi connectivity index (χ0v) is 13.6. The molecule has 0 aliphatic carbocycles. The van der Waals surface area contributed by atoms with Gasteiger partial charge in [-0.3, -0.25) is 4.79 Å². The second kappa shape index (κ2) is 8.92. The molecule has 2 aromatic rings. The van der Waals surface area contributed by atoms with Crippen LogP contribution in [0.4, 0.5) is 0 Å². The fourth-order valence-corrected chi connectivity index (χ4v) is 1.97. The van der Waals surface area contributed by atoms with Gasteiger partial charge in [0.2, 0.25) is 11.8 Å². The van der Waals surface area contributed by atoms with E-state index in [0.29, 0.717) is 44.1 Å². The standard InChI is InChI=1S/C17H23N3O3/c1-13(2)17-19-16(23-20-17)10-6-9-15(21)18-11-12-22-14-7-4-3-5-8-14/h3-5,7-8,13H,6,9-12H2,1-2H3,(H,18,21). The smallest absolute Gasteiger partial charge is 0.226 e. The fourth-order valence-electron chi connectivity index (χ4n) is 1.97. The first-order valence-corrected chi connectivity index (χ1v) is 7.92. The topological polar surface area (TPSA) is 77.2 Å². The number of aryl methyl sites for hydroxylation is 1. The van der Waals surface area contributed by atoms with Gasteiger partial charge >= 0.3 is 0 Å². The lowest BCUT2D eigenvalue weighted by Crippen LogP contribution is -2.27. The third-order valence-corrected chi connectivity index (χ3v) is 3.23. The van der Waals surface area contributed by atoms with Gasteiger partial charge in [-0.2, -0.15) is 4.98 Å². The van der Waals surface area contributed by atoms with Crippen LogP contribution in [-0.4, -0.2) is 29.2 Å². The van der Waals surface area contributed by atoms with E-state index in [1.807, 2.05) is 44.2 Å². The Morgan fingerprint density at radius 3 is 2.78 bits per heavy atom. The van der Waals surface area contributed by atoms with E-state index in [9.17, 15) is 4.79 Å². The maximum atomic E-state index is 11.7. The number of ether oxygens (including phenoxy) is 1. The first-order valence-electron chi connectivity index (χ1n) is 7.92. The van der Waals surface area contributed by atoms with Crippen molar-refractivity contribution in [1.29, 1.82) is 0 Å². The zero-order valence-electron chi connectivity index (χ0n) is 13.6. The molecule has 1 N–H and O–H groups in total. The van der Waals surface area contributed by atoms with Gasteiger partial charge in [0, 0.05) is 18.8 Å². The number of carbonyl (C=O) groups excluding carboxylic acids is 1. The Morgan fingerprint density at radius 1 is 1.30 bits per heavy atom. The van der Waals surface area contributed by atoms with Crippen molar-refractivity contribution in [3.63, 3.8) is 0 Å². The highest BCUT2D eigenvalue weighted by Crippen LogP contribution is 2.11. The number of hydrogen-bond acceptors (Lipinski definition) is 5. The highest BCUT2D eigenvalue weighted by atomic mass is 16.5. The van der Waals surface area contributed by atoms with Gasteiger partial charge < -0.3 is 14.6 Å². The Labute approximate surface area is 136 Å². The summed E-state index contributed by atoms with van der Waals surface area (Å²) in [6.45, 7) is 4.97. The molecule has 0 saturated carbocycles. The molecule has 6 nitrogen and oxygen atoms in total. The van der Waals surface area contributed by atoms with Crippen molar-refractivity contribution in [3.05, 3.63) is 42.0 Å². The van der Waals surface area contributed by atoms with E-state index < -0.39 is 0 Å². The lowest BCUT2D eigenvalue weighted by Gasteiger charge is -2.07. The van der Waals surface area contributed by atoms with Crippen LogP contribution in [0.5, 0.6) is 5.75 Å². The van der Waals surface area contributed by atoms with E-state index in [1.165, 1.54) is 0 Å². The normalized spacial score (nSPS) is 10.7. The third kappa shape index (κ3) is 6.10. The minimum Gasteiger partial charge on any atom is -0.492 e. The molecule has 0 aliphatic heterocycles. The quantitative estimate of drug-likeness (QED) is 0.720. The molecule has 0 fully saturated rings. The number of rotatable bonds is 9. The van der Waals surface area contributed by atoms with Crippen LogP contribution in [0.25, 0.3) is 0 Å². The Hall–Kier alpha value is -2.37. The predicted octanol–water partition coefficient (Wildman–Crippen LogP) is 2.71. The lowest BCUT2D eigenvalue weighted by molar-refractivity contribution is -0.121. The molecule has 0 spiro atoms. The molecule has 1 aromatic carbocycles. The highest BCUT2D eigenvalue weighted by molar-refractivity contribution is 5.75. The summed E-state index contributed by atoms with van der Waals surface area (Å²) in [5.74, 6) is 2.36. The van der Waals surface area contributed by atoms with Crippen LogP contribution in [0, 0.1) is 0 Å². The molecule has 124 valence electrons. The number of carbonyl (C=O) groups is 1. The predicted molar refractivity (Wildman–Crippen MR) is 86.3 cm³/mol. The summed E-state index contributed by atoms with van der Waals surface area (Å²) < 4.78 is 10.6. The molecular weight excluding hydrogens is 294 g/mol. The van der Waals surface area contributed by atoms with Crippen LogP contribution >= 0.6 is 0 Å². The van der Waals surface area contributed by atoms with Crippen LogP contribution in [0.15, 0.2) is 34.9 Å². The van der Waals surface area contributed by atoms with Crippen molar-refractivity contribution in [1.82, 2.24) is 15.5 Å². The minimum atomic E-state index is 0.00487. The van der Waals surface area contributed by atoms with Crippen LogP contribution in [0.2, 0.25) is 0 Å². The van der Waals surface area contributed by atoms with E-state index in [4.69, 9.17) is 9.26 Å². The summed E-state index contributed by atoms with van der Waals surface area (Å²) in [6, 6.07) is 9.53. The van der Waals surface area contributed by atoms with Gasteiger partial charge in [-0.25, -0.2) is 0 Å². The number of hydrogen-bond donors (Lipinski definition) is 1. The molecule has 1 heterocycles. The molecule has 1 aromatic heterocycles. The first-order chi connectivity index (χ1) is 11.1. The maximum absolute atomic E-state index is 11.7. The Kier molecular flexibility index (Phi) is 6.59. The van der Waals surface area contributed by atoms with Gasteiger partial charge in [0.1, 0.15) is 12.4 Å². The monoisotopic (exact) mass is 317 g/mol. The average Bonchev–Trinajstić information content (AvgIpc) is 3.02. The van der Waals surface area contributed by atoms with Crippen molar-refractivity contribution >= 4 is 5.91 Å². The highest BCUT2D eigenvalue weighted by Gasteiger charge is 2.10. The molecule has 2 rings (SSSR count). The largest absolute Gasteiger partial charge is 0.492 e. The molecule has 23 heavy (non-hydrogen) atoms. The molecule has 6 heteroatoms. The summed E-state index contributed by atoms with van der Waals surface area (Å²) >= 11 is 0. The van der Waals surface area contributed by atoms with Crippen LogP contribution in [0.3, 0.4) is 0 Å². The second-order valence-corrected chi connectivity index (χ2v) is 5.57. The van der Waals surface area contributed by atoms with E-state index in [2.05, 4.69) is 15.5 Å². The van der Waals surface area contributed by atoms with Crippen molar-refractivity contribution in [2.24, 2.45) is 0 Å². The SMILES string of the molecule is CC(C)c1noc(CCCC(=O)NCCOc2ccccc2)n1. The van der Waals surface area contributed by atoms with E-state index >= 15 is 0 Å². The number of nitrogens with one attached hydrogen (secondary N) is 1. The average molecular weight is 317 g/mol. The number of benzene rings is 1. The third-order valence-electron chi connectivity index (χ3n) is 3.23. The maximum Gasteiger partial charge on any atom is 0.226 e. The summed E-state index contributed by atoms with van der Waals surface area (Å²) in [5, 5.41) is 6.73. The van der Waals surface area contributed by atoms with Gasteiger partial charge in [0.25, 0.3) is 0 Å². The molecular formula is C17H23N3O3. The lowest BCUT2D eigenvalue weighted by atomic mass is 10.2. The first kappa shape index (κ1) is 17.0. The minimum absolute atomic E-state index is 0.00487. The number of nitrogens with zero attached hydrogens (tertiary/aromatic N) is 2. The van der Waals surface area contributed by atoms with E-state index in [0.717, 1.165) is 5.75 Å². The summed E-state index contributed by atoms with van der Waals surface area (Å²) in [4.78, 5) is 16.0. The zero-order chi connectivity index (χ0) is 16.5. The van der Waals surface area contributed by atoms with Gasteiger partial charge in [-0.05, 0) is 18.6 Å². The van der Waals surface area contributed by atoms with Crippen molar-refractivity contribution in [2.45, 2.75) is 39.0 Å². The summed E-state index contributed by atoms with van der Waals surface area (Å²) in [5.41, 5.74) is 0. The van der Waals surface area contributed by atoms with Gasteiger partial charge in [-0.15, -0.1) is 0 Å². The Balaban J connectivity index is 1.56. The number of para-hydroxylation sites is 1. The Bertz CT molecular complexity index is 596. The van der Waals surface area contributed by atoms with E-state index in [1.54, 1.807) is 0 Å². The molecule has 0 bridgehead atoms. The second-order valence-electron chi connectivity index (χ2n) is 5.57. The van der Waals surface area contributed by atoms with E-state index in [-0.39, 0.29) is 11.8 Å². The van der Waals surface area contributed by atoms with Crippen LogP contribution in [-0.2, 0) is 11.2 Å². The van der Waals surface area contributed by atoms with Crippen molar-refractivity contribution in [2.75, 3.05) is 13.2 Å². The molecule has 1 amide bonds. The fraction of sp³-hybridized carbons (Fsp3) is 0.471. The Morgan fingerprint density at radius 2 is 2.09 bits per heavy atom. The van der Waals surface area contributed by atoms with Crippen molar-refractivity contribution < 1.29 is 14.1 Å². The molecule has 0 unspecified atom stereocenters. The number of amides is 1.